The van der Waals surface area contributed by atoms with Crippen molar-refractivity contribution in [2.75, 3.05) is 39.3 Å². The summed E-state index contributed by atoms with van der Waals surface area (Å²) in [4.78, 5) is 5.11. The van der Waals surface area contributed by atoms with Crippen molar-refractivity contribution in [3.8, 4) is 0 Å². The first-order valence-electron chi connectivity index (χ1n) is 9.59. The minimum Gasteiger partial charge on any atom is -0.297 e. The van der Waals surface area contributed by atoms with Gasteiger partial charge in [-0.15, -0.1) is 0 Å². The molecule has 0 spiro atoms. The molecular formula is C23H34N2. The molecule has 2 heteroatoms. The van der Waals surface area contributed by atoms with Gasteiger partial charge in [0.2, 0.25) is 0 Å². The topological polar surface area (TPSA) is 6.48 Å². The third-order valence-electron chi connectivity index (χ3n) is 4.73. The fourth-order valence-corrected chi connectivity index (χ4v) is 3.03. The van der Waals surface area contributed by atoms with Crippen LogP contribution < -0.4 is 0 Å². The second-order valence-corrected chi connectivity index (χ2v) is 7.28. The second kappa shape index (κ2) is 11.1. The molecule has 0 aliphatic carbocycles. The van der Waals surface area contributed by atoms with Gasteiger partial charge in [-0.1, -0.05) is 65.8 Å². The minimum absolute atomic E-state index is 1.06. The first-order valence-corrected chi connectivity index (χ1v) is 9.59. The smallest absolute Gasteiger partial charge is 0.0167 e. The van der Waals surface area contributed by atoms with Crippen molar-refractivity contribution in [1.82, 2.24) is 9.80 Å². The van der Waals surface area contributed by atoms with Crippen LogP contribution in [0.2, 0.25) is 0 Å². The van der Waals surface area contributed by atoms with E-state index in [0.29, 0.717) is 0 Å². The number of nitrogens with zero attached hydrogens (tertiary/aromatic N) is 2. The normalized spacial score (nSPS) is 17.2. The lowest BCUT2D eigenvalue weighted by molar-refractivity contribution is 0.153. The van der Waals surface area contributed by atoms with Gasteiger partial charge in [0.05, 0.1) is 0 Å². The molecule has 0 bridgehead atoms. The van der Waals surface area contributed by atoms with Gasteiger partial charge in [-0.25, -0.2) is 0 Å². The summed E-state index contributed by atoms with van der Waals surface area (Å²) >= 11 is 0. The van der Waals surface area contributed by atoms with Gasteiger partial charge in [0.25, 0.3) is 0 Å². The molecule has 2 rings (SSSR count). The zero-order valence-electron chi connectivity index (χ0n) is 16.2. The number of benzene rings is 1. The maximum atomic E-state index is 2.57. The Labute approximate surface area is 154 Å². The molecule has 1 fully saturated rings. The van der Waals surface area contributed by atoms with Gasteiger partial charge in [0, 0.05) is 39.3 Å². The summed E-state index contributed by atoms with van der Waals surface area (Å²) in [6.07, 6.45) is 11.6. The van der Waals surface area contributed by atoms with E-state index < -0.39 is 0 Å². The molecule has 1 saturated heterocycles. The fourth-order valence-electron chi connectivity index (χ4n) is 3.03. The van der Waals surface area contributed by atoms with Crippen molar-refractivity contribution in [3.63, 3.8) is 0 Å². The summed E-state index contributed by atoms with van der Waals surface area (Å²) in [5, 5.41) is 0. The van der Waals surface area contributed by atoms with Crippen LogP contribution in [0, 0.1) is 0 Å². The molecule has 1 aliphatic heterocycles. The van der Waals surface area contributed by atoms with Crippen molar-refractivity contribution in [3.05, 3.63) is 65.3 Å². The van der Waals surface area contributed by atoms with Gasteiger partial charge >= 0.3 is 0 Å². The van der Waals surface area contributed by atoms with E-state index in [-0.39, 0.29) is 0 Å². The molecule has 1 aliphatic rings. The third-order valence-corrected chi connectivity index (χ3v) is 4.73. The molecule has 0 N–H and O–H groups in total. The molecule has 0 radical (unpaired) electrons. The number of allylic oxidation sites excluding steroid dienone is 3. The van der Waals surface area contributed by atoms with E-state index >= 15 is 0 Å². The lowest BCUT2D eigenvalue weighted by Crippen LogP contribution is -2.46. The molecule has 25 heavy (non-hydrogen) atoms. The molecule has 1 aromatic carbocycles. The number of piperazine rings is 1. The summed E-state index contributed by atoms with van der Waals surface area (Å²) in [5.41, 5.74) is 4.23. The van der Waals surface area contributed by atoms with E-state index in [1.54, 1.807) is 0 Å². The monoisotopic (exact) mass is 338 g/mol. The Kier molecular flexibility index (Phi) is 8.71. The molecule has 2 nitrogen and oxygen atoms in total. The van der Waals surface area contributed by atoms with E-state index in [9.17, 15) is 0 Å². The molecule has 0 saturated carbocycles. The second-order valence-electron chi connectivity index (χ2n) is 7.28. The highest BCUT2D eigenvalue weighted by molar-refractivity contribution is 5.48. The average Bonchev–Trinajstić information content (AvgIpc) is 2.62. The number of hydrogen-bond acceptors (Lipinski definition) is 2. The van der Waals surface area contributed by atoms with Crippen LogP contribution in [0.4, 0.5) is 0 Å². The van der Waals surface area contributed by atoms with Crippen LogP contribution in [0.1, 0.15) is 39.2 Å². The Morgan fingerprint density at radius 3 is 2.16 bits per heavy atom. The van der Waals surface area contributed by atoms with Crippen molar-refractivity contribution in [2.45, 2.75) is 33.6 Å². The predicted molar refractivity (Wildman–Crippen MR) is 111 cm³/mol. The Balaban J connectivity index is 1.64. The van der Waals surface area contributed by atoms with E-state index in [0.717, 1.165) is 13.1 Å². The predicted octanol–water partition coefficient (Wildman–Crippen LogP) is 5.01. The van der Waals surface area contributed by atoms with E-state index in [2.05, 4.69) is 85.2 Å². The zero-order chi connectivity index (χ0) is 17.9. The Morgan fingerprint density at radius 1 is 0.880 bits per heavy atom. The molecule has 0 aromatic heterocycles. The molecular weight excluding hydrogens is 304 g/mol. The Hall–Kier alpha value is -1.64. The van der Waals surface area contributed by atoms with Gasteiger partial charge in [-0.3, -0.25) is 9.80 Å². The van der Waals surface area contributed by atoms with Crippen LogP contribution in [-0.4, -0.2) is 49.1 Å². The molecule has 0 atom stereocenters. The Bertz CT molecular complexity index is 571. The van der Waals surface area contributed by atoms with E-state index in [1.807, 2.05) is 0 Å². The van der Waals surface area contributed by atoms with Crippen LogP contribution in [0.25, 0.3) is 6.08 Å². The highest BCUT2D eigenvalue weighted by Crippen LogP contribution is 2.09. The van der Waals surface area contributed by atoms with Crippen LogP contribution in [0.15, 0.2) is 59.7 Å². The molecule has 136 valence electrons. The maximum Gasteiger partial charge on any atom is 0.0167 e. The summed E-state index contributed by atoms with van der Waals surface area (Å²) in [7, 11) is 0. The Morgan fingerprint density at radius 2 is 1.52 bits per heavy atom. The lowest BCUT2D eigenvalue weighted by atomic mass is 10.1. The number of hydrogen-bond donors (Lipinski definition) is 0. The molecule has 0 unspecified atom stereocenters. The third kappa shape index (κ3) is 8.33. The summed E-state index contributed by atoms with van der Waals surface area (Å²) in [5.74, 6) is 0. The largest absolute Gasteiger partial charge is 0.297 e. The van der Waals surface area contributed by atoms with Crippen LogP contribution in [-0.2, 0) is 0 Å². The first-order chi connectivity index (χ1) is 12.1. The van der Waals surface area contributed by atoms with Crippen LogP contribution in [0.5, 0.6) is 0 Å². The minimum atomic E-state index is 1.06. The molecule has 0 amide bonds. The van der Waals surface area contributed by atoms with E-state index in [1.165, 1.54) is 55.7 Å². The van der Waals surface area contributed by atoms with Gasteiger partial charge in [-0.05, 0) is 39.2 Å². The maximum absolute atomic E-state index is 2.57. The zero-order valence-corrected chi connectivity index (χ0v) is 16.2. The van der Waals surface area contributed by atoms with Gasteiger partial charge in [-0.2, -0.15) is 0 Å². The standard InChI is InChI=1S/C23H34N2/c1-21(2)9-7-10-22(3)14-16-25-19-17-24(18-20-25)15-8-13-23-11-5-4-6-12-23/h4-6,8-9,11-14H,7,10,15-20H2,1-3H3. The lowest BCUT2D eigenvalue weighted by Gasteiger charge is -2.33. The summed E-state index contributed by atoms with van der Waals surface area (Å²) in [6, 6.07) is 10.6. The highest BCUT2D eigenvalue weighted by Gasteiger charge is 2.14. The van der Waals surface area contributed by atoms with Crippen LogP contribution in [0.3, 0.4) is 0 Å². The van der Waals surface area contributed by atoms with Crippen molar-refractivity contribution in [2.24, 2.45) is 0 Å². The van der Waals surface area contributed by atoms with Crippen molar-refractivity contribution >= 4 is 6.08 Å². The number of rotatable bonds is 8. The molecule has 1 heterocycles. The van der Waals surface area contributed by atoms with Gasteiger partial charge in [0.15, 0.2) is 0 Å². The van der Waals surface area contributed by atoms with Crippen molar-refractivity contribution < 1.29 is 0 Å². The average molecular weight is 339 g/mol. The van der Waals surface area contributed by atoms with Gasteiger partial charge in [0.1, 0.15) is 0 Å². The summed E-state index contributed by atoms with van der Waals surface area (Å²) < 4.78 is 0. The SMILES string of the molecule is CC(C)=CCCC(C)=CCN1CCN(CC=Cc2ccccc2)CC1. The van der Waals surface area contributed by atoms with Gasteiger partial charge < -0.3 is 0 Å². The molecule has 1 aromatic rings. The quantitative estimate of drug-likeness (QED) is 0.615. The summed E-state index contributed by atoms with van der Waals surface area (Å²) in [6.45, 7) is 13.5. The first kappa shape index (κ1) is 19.7. The van der Waals surface area contributed by atoms with Crippen molar-refractivity contribution in [1.29, 1.82) is 0 Å². The highest BCUT2D eigenvalue weighted by atomic mass is 15.3. The van der Waals surface area contributed by atoms with E-state index in [4.69, 9.17) is 0 Å². The fraction of sp³-hybridized carbons (Fsp3) is 0.478. The van der Waals surface area contributed by atoms with Crippen LogP contribution >= 0.6 is 0 Å².